The Morgan fingerprint density at radius 2 is 1.84 bits per heavy atom. The summed E-state index contributed by atoms with van der Waals surface area (Å²) in [6.07, 6.45) is 1.96. The van der Waals surface area contributed by atoms with Gasteiger partial charge in [0.25, 0.3) is 5.69 Å². The molecule has 0 saturated carbocycles. The molecule has 2 amide bonds. The van der Waals surface area contributed by atoms with Crippen molar-refractivity contribution in [2.24, 2.45) is 0 Å². The molecule has 2 aromatic carbocycles. The van der Waals surface area contributed by atoms with Crippen LogP contribution >= 0.6 is 23.2 Å². The summed E-state index contributed by atoms with van der Waals surface area (Å²) in [4.78, 5) is 38.5. The number of nitro groups is 1. The Morgan fingerprint density at radius 1 is 1.12 bits per heavy atom. The summed E-state index contributed by atoms with van der Waals surface area (Å²) in [7, 11) is 0. The monoisotopic (exact) mass is 479 g/mol. The Bertz CT molecular complexity index is 968. The molecule has 9 heteroatoms. The van der Waals surface area contributed by atoms with Gasteiger partial charge in [0.2, 0.25) is 11.8 Å². The maximum Gasteiger partial charge on any atom is 0.273 e. The molecule has 0 fully saturated rings. The summed E-state index contributed by atoms with van der Waals surface area (Å²) in [5.41, 5.74) is 0.869. The Kier molecular flexibility index (Phi) is 9.94. The Hall–Kier alpha value is -2.64. The number of carbonyl (C=O) groups is 2. The second-order valence-corrected chi connectivity index (χ2v) is 8.22. The summed E-state index contributed by atoms with van der Waals surface area (Å²) in [6, 6.07) is 10.4. The number of halogens is 2. The standard InChI is InChI=1S/C23H27Cl2N3O4/c1-3-5-12-26-23(30)20(4-2)27(15-16-10-11-18(24)19(25)13-16)22(29)14-17-8-6-7-9-21(17)28(31)32/h6-11,13,20H,3-5,12,14-15H2,1-2H3,(H,26,30). The van der Waals surface area contributed by atoms with Crippen LogP contribution < -0.4 is 5.32 Å². The molecule has 0 bridgehead atoms. The van der Waals surface area contributed by atoms with E-state index in [4.69, 9.17) is 23.2 Å². The van der Waals surface area contributed by atoms with Crippen LogP contribution in [0.2, 0.25) is 10.0 Å². The first-order valence-electron chi connectivity index (χ1n) is 10.5. The number of nitrogens with one attached hydrogen (secondary N) is 1. The number of nitrogens with zero attached hydrogens (tertiary/aromatic N) is 2. The van der Waals surface area contributed by atoms with Gasteiger partial charge < -0.3 is 10.2 Å². The van der Waals surface area contributed by atoms with Gasteiger partial charge in [0.1, 0.15) is 6.04 Å². The highest BCUT2D eigenvalue weighted by atomic mass is 35.5. The van der Waals surface area contributed by atoms with Crippen molar-refractivity contribution >= 4 is 40.7 Å². The van der Waals surface area contributed by atoms with Crippen molar-refractivity contribution in [3.8, 4) is 0 Å². The Morgan fingerprint density at radius 3 is 2.47 bits per heavy atom. The van der Waals surface area contributed by atoms with Crippen LogP contribution in [0.3, 0.4) is 0 Å². The minimum Gasteiger partial charge on any atom is -0.354 e. The molecule has 0 heterocycles. The molecule has 2 aromatic rings. The average Bonchev–Trinajstić information content (AvgIpc) is 2.76. The lowest BCUT2D eigenvalue weighted by atomic mass is 10.1. The van der Waals surface area contributed by atoms with Crippen LogP contribution in [0.5, 0.6) is 0 Å². The molecular formula is C23H27Cl2N3O4. The van der Waals surface area contributed by atoms with Gasteiger partial charge in [0.15, 0.2) is 0 Å². The molecule has 7 nitrogen and oxygen atoms in total. The second-order valence-electron chi connectivity index (χ2n) is 7.40. The van der Waals surface area contributed by atoms with E-state index in [-0.39, 0.29) is 30.5 Å². The quantitative estimate of drug-likeness (QED) is 0.273. The van der Waals surface area contributed by atoms with Crippen LogP contribution in [-0.4, -0.2) is 34.2 Å². The smallest absolute Gasteiger partial charge is 0.273 e. The minimum absolute atomic E-state index is 0.121. The van der Waals surface area contributed by atoms with E-state index in [9.17, 15) is 19.7 Å². The minimum atomic E-state index is -0.725. The van der Waals surface area contributed by atoms with E-state index in [2.05, 4.69) is 5.32 Å². The largest absolute Gasteiger partial charge is 0.354 e. The molecular weight excluding hydrogens is 453 g/mol. The van der Waals surface area contributed by atoms with Crippen LogP contribution in [0.1, 0.15) is 44.2 Å². The molecule has 1 unspecified atom stereocenters. The van der Waals surface area contributed by atoms with Crippen LogP contribution in [0.25, 0.3) is 0 Å². The zero-order valence-corrected chi connectivity index (χ0v) is 19.7. The fourth-order valence-electron chi connectivity index (χ4n) is 3.36. The molecule has 1 atom stereocenters. The number of hydrogen-bond donors (Lipinski definition) is 1. The number of para-hydroxylation sites is 1. The first kappa shape index (κ1) is 25.6. The molecule has 1 N–H and O–H groups in total. The molecule has 172 valence electrons. The van der Waals surface area contributed by atoms with Gasteiger partial charge in [0, 0.05) is 24.7 Å². The highest BCUT2D eigenvalue weighted by Crippen LogP contribution is 2.25. The van der Waals surface area contributed by atoms with Crippen molar-refractivity contribution in [2.75, 3.05) is 6.54 Å². The molecule has 0 aliphatic carbocycles. The van der Waals surface area contributed by atoms with Crippen LogP contribution in [0, 0.1) is 10.1 Å². The predicted molar refractivity (Wildman–Crippen MR) is 126 cm³/mol. The number of benzene rings is 2. The normalized spacial score (nSPS) is 11.6. The number of carbonyl (C=O) groups excluding carboxylic acids is 2. The van der Waals surface area contributed by atoms with Crippen molar-refractivity contribution in [1.82, 2.24) is 10.2 Å². The third kappa shape index (κ3) is 6.93. The molecule has 0 aromatic heterocycles. The van der Waals surface area contributed by atoms with Crippen molar-refractivity contribution in [3.63, 3.8) is 0 Å². The SMILES string of the molecule is CCCCNC(=O)C(CC)N(Cc1ccc(Cl)c(Cl)c1)C(=O)Cc1ccccc1[N+](=O)[O-]. The van der Waals surface area contributed by atoms with Crippen LogP contribution in [0.4, 0.5) is 5.69 Å². The third-order valence-electron chi connectivity index (χ3n) is 5.08. The van der Waals surface area contributed by atoms with Crippen molar-refractivity contribution < 1.29 is 14.5 Å². The molecule has 0 spiro atoms. The second kappa shape index (κ2) is 12.4. The van der Waals surface area contributed by atoms with Crippen molar-refractivity contribution in [1.29, 1.82) is 0 Å². The molecule has 0 aliphatic rings. The van der Waals surface area contributed by atoms with Gasteiger partial charge in [-0.3, -0.25) is 19.7 Å². The van der Waals surface area contributed by atoms with E-state index in [0.29, 0.717) is 34.1 Å². The summed E-state index contributed by atoms with van der Waals surface area (Å²) in [6.45, 7) is 4.49. The highest BCUT2D eigenvalue weighted by Gasteiger charge is 2.30. The highest BCUT2D eigenvalue weighted by molar-refractivity contribution is 6.42. The van der Waals surface area contributed by atoms with Crippen LogP contribution in [-0.2, 0) is 22.6 Å². The van der Waals surface area contributed by atoms with Crippen LogP contribution in [0.15, 0.2) is 42.5 Å². The van der Waals surface area contributed by atoms with Gasteiger partial charge in [-0.15, -0.1) is 0 Å². The molecule has 2 rings (SSSR count). The van der Waals surface area contributed by atoms with E-state index in [1.54, 1.807) is 36.4 Å². The summed E-state index contributed by atoms with van der Waals surface area (Å²) in [5.74, 6) is -0.639. The number of unbranched alkanes of at least 4 members (excludes halogenated alkanes) is 1. The van der Waals surface area contributed by atoms with Gasteiger partial charge >= 0.3 is 0 Å². The Balaban J connectivity index is 2.35. The lowest BCUT2D eigenvalue weighted by Gasteiger charge is -2.31. The topological polar surface area (TPSA) is 92.6 Å². The molecule has 0 aliphatic heterocycles. The Labute approximate surface area is 197 Å². The fraction of sp³-hybridized carbons (Fsp3) is 0.391. The fourth-order valence-corrected chi connectivity index (χ4v) is 3.68. The zero-order chi connectivity index (χ0) is 23.7. The van der Waals surface area contributed by atoms with E-state index >= 15 is 0 Å². The lowest BCUT2D eigenvalue weighted by Crippen LogP contribution is -2.49. The van der Waals surface area contributed by atoms with E-state index in [1.807, 2.05) is 13.8 Å². The lowest BCUT2D eigenvalue weighted by molar-refractivity contribution is -0.385. The van der Waals surface area contributed by atoms with Gasteiger partial charge in [-0.05, 0) is 30.5 Å². The number of amides is 2. The van der Waals surface area contributed by atoms with E-state index in [0.717, 1.165) is 12.8 Å². The van der Waals surface area contributed by atoms with Gasteiger partial charge in [-0.2, -0.15) is 0 Å². The first-order chi connectivity index (χ1) is 15.3. The number of hydrogen-bond acceptors (Lipinski definition) is 4. The maximum atomic E-state index is 13.3. The molecule has 32 heavy (non-hydrogen) atoms. The number of rotatable bonds is 11. The van der Waals surface area contributed by atoms with E-state index < -0.39 is 11.0 Å². The van der Waals surface area contributed by atoms with Gasteiger partial charge in [-0.25, -0.2) is 0 Å². The summed E-state index contributed by atoms with van der Waals surface area (Å²) in [5, 5.41) is 15.0. The average molecular weight is 480 g/mol. The maximum absolute atomic E-state index is 13.3. The third-order valence-corrected chi connectivity index (χ3v) is 5.82. The summed E-state index contributed by atoms with van der Waals surface area (Å²) >= 11 is 12.1. The van der Waals surface area contributed by atoms with Gasteiger partial charge in [-0.1, -0.05) is 67.7 Å². The zero-order valence-electron chi connectivity index (χ0n) is 18.1. The van der Waals surface area contributed by atoms with E-state index in [1.165, 1.54) is 11.0 Å². The van der Waals surface area contributed by atoms with Crippen molar-refractivity contribution in [3.05, 3.63) is 73.8 Å². The van der Waals surface area contributed by atoms with Gasteiger partial charge in [0.05, 0.1) is 21.4 Å². The predicted octanol–water partition coefficient (Wildman–Crippen LogP) is 5.17. The number of nitro benzene ring substituents is 1. The molecule has 0 saturated heterocycles. The molecule has 0 radical (unpaired) electrons. The first-order valence-corrected chi connectivity index (χ1v) is 11.3. The van der Waals surface area contributed by atoms with Crippen molar-refractivity contribution in [2.45, 2.75) is 52.1 Å². The summed E-state index contributed by atoms with van der Waals surface area (Å²) < 4.78 is 0.